The molecule has 3 aromatic heterocycles. The van der Waals surface area contributed by atoms with Crippen molar-refractivity contribution in [3.63, 3.8) is 0 Å². The Morgan fingerprint density at radius 1 is 1.11 bits per heavy atom. The maximum Gasteiger partial charge on any atom is 0.389 e. The van der Waals surface area contributed by atoms with Gasteiger partial charge in [-0.05, 0) is 38.8 Å². The van der Waals surface area contributed by atoms with Gasteiger partial charge in [0.25, 0.3) is 0 Å². The molecule has 4 aromatic rings. The molecule has 1 aliphatic rings. The normalized spacial score (nSPS) is 14.7. The number of carbonyl (C=O) groups excluding carboxylic acids is 1. The Bertz CT molecular complexity index is 1530. The first-order chi connectivity index (χ1) is 17.4. The molecule has 1 N–H and O–H groups in total. The minimum atomic E-state index is -4.34. The number of aromatic nitrogens is 5. The van der Waals surface area contributed by atoms with Gasteiger partial charge in [-0.1, -0.05) is 18.2 Å². The number of hydrogen-bond donors (Lipinski definition) is 1. The molecule has 0 saturated heterocycles. The molecule has 1 aromatic carbocycles. The molecule has 192 valence electrons. The summed E-state index contributed by atoms with van der Waals surface area (Å²) in [5, 5.41) is 7.39. The summed E-state index contributed by atoms with van der Waals surface area (Å²) in [6.45, 7) is 3.26. The van der Waals surface area contributed by atoms with Crippen LogP contribution in [0, 0.1) is 11.6 Å². The highest BCUT2D eigenvalue weighted by molar-refractivity contribution is 6.05. The zero-order valence-corrected chi connectivity index (χ0v) is 19.8. The molecule has 1 amide bonds. The summed E-state index contributed by atoms with van der Waals surface area (Å²) in [7, 11) is 0. The van der Waals surface area contributed by atoms with Crippen molar-refractivity contribution in [1.82, 2.24) is 24.7 Å². The van der Waals surface area contributed by atoms with Crippen molar-refractivity contribution in [2.45, 2.75) is 51.2 Å². The maximum absolute atomic E-state index is 14.3. The third-order valence-corrected chi connectivity index (χ3v) is 6.33. The summed E-state index contributed by atoms with van der Waals surface area (Å²) >= 11 is 0. The average molecular weight is 516 g/mol. The van der Waals surface area contributed by atoms with E-state index in [0.29, 0.717) is 11.1 Å². The number of fused-ring (bicyclic) bond motifs is 2. The molecule has 5 rings (SSSR count). The van der Waals surface area contributed by atoms with Gasteiger partial charge in [0.2, 0.25) is 5.91 Å². The molecule has 37 heavy (non-hydrogen) atoms. The van der Waals surface area contributed by atoms with Crippen molar-refractivity contribution in [2.75, 3.05) is 5.32 Å². The fraction of sp³-hybridized carbons (Fsp3) is 0.320. The van der Waals surface area contributed by atoms with Gasteiger partial charge in [0, 0.05) is 17.5 Å². The van der Waals surface area contributed by atoms with Crippen LogP contribution in [0.25, 0.3) is 22.6 Å². The van der Waals surface area contributed by atoms with Crippen LogP contribution in [0.4, 0.5) is 27.8 Å². The molecule has 0 fully saturated rings. The summed E-state index contributed by atoms with van der Waals surface area (Å²) in [6.07, 6.45) is -4.65. The zero-order valence-electron chi connectivity index (χ0n) is 19.8. The predicted octanol–water partition coefficient (Wildman–Crippen LogP) is 5.33. The van der Waals surface area contributed by atoms with E-state index in [1.54, 1.807) is 32.0 Å². The predicted molar refractivity (Wildman–Crippen MR) is 125 cm³/mol. The number of benzene rings is 1. The van der Waals surface area contributed by atoms with E-state index in [9.17, 15) is 26.7 Å². The second-order valence-corrected chi connectivity index (χ2v) is 9.39. The summed E-state index contributed by atoms with van der Waals surface area (Å²) in [4.78, 5) is 25.7. The standard InChI is InChI=1S/C25H21F5N6O/c1-24(2)18-17(8-5-9-25(28,29)30)32-21(33-20(18)34-23(24)37)19-15-10-14(26)11-31-22(15)36(35-19)12-13-6-3-4-7-16(13)27/h3-4,6-7,10-11H,5,8-9,12H2,1-2H3,(H,32,33,34,37). The maximum atomic E-state index is 14.3. The van der Waals surface area contributed by atoms with Crippen molar-refractivity contribution < 1.29 is 26.7 Å². The van der Waals surface area contributed by atoms with Gasteiger partial charge in [-0.25, -0.2) is 28.4 Å². The van der Waals surface area contributed by atoms with Crippen LogP contribution in [0.2, 0.25) is 0 Å². The third kappa shape index (κ3) is 4.63. The molecule has 7 nitrogen and oxygen atoms in total. The summed E-state index contributed by atoms with van der Waals surface area (Å²) in [5.74, 6) is -1.32. The molecule has 4 heterocycles. The fourth-order valence-electron chi connectivity index (χ4n) is 4.47. The fourth-order valence-corrected chi connectivity index (χ4v) is 4.47. The first-order valence-electron chi connectivity index (χ1n) is 11.5. The van der Waals surface area contributed by atoms with Gasteiger partial charge >= 0.3 is 6.18 Å². The van der Waals surface area contributed by atoms with Crippen LogP contribution in [-0.2, 0) is 23.2 Å². The molecule has 0 saturated carbocycles. The van der Waals surface area contributed by atoms with Crippen LogP contribution in [0.3, 0.4) is 0 Å². The van der Waals surface area contributed by atoms with Crippen molar-refractivity contribution in [1.29, 1.82) is 0 Å². The van der Waals surface area contributed by atoms with Crippen molar-refractivity contribution >= 4 is 22.8 Å². The number of carbonyl (C=O) groups is 1. The molecule has 0 aliphatic carbocycles. The van der Waals surface area contributed by atoms with Crippen LogP contribution in [0.5, 0.6) is 0 Å². The monoisotopic (exact) mass is 516 g/mol. The van der Waals surface area contributed by atoms with Gasteiger partial charge < -0.3 is 5.32 Å². The molecule has 12 heteroatoms. The molecule has 0 unspecified atom stereocenters. The van der Waals surface area contributed by atoms with Gasteiger partial charge in [0.1, 0.15) is 23.1 Å². The third-order valence-electron chi connectivity index (χ3n) is 6.33. The molecule has 0 spiro atoms. The molecular weight excluding hydrogens is 495 g/mol. The van der Waals surface area contributed by atoms with E-state index < -0.39 is 29.6 Å². The van der Waals surface area contributed by atoms with E-state index in [1.807, 2.05) is 0 Å². The first kappa shape index (κ1) is 24.7. The minimum Gasteiger partial charge on any atom is -0.310 e. The Labute approximate surface area is 207 Å². The number of aryl methyl sites for hydroxylation is 1. The topological polar surface area (TPSA) is 85.6 Å². The Morgan fingerprint density at radius 3 is 2.59 bits per heavy atom. The van der Waals surface area contributed by atoms with Crippen LogP contribution in [0.1, 0.15) is 43.5 Å². The van der Waals surface area contributed by atoms with E-state index in [1.165, 1.54) is 16.8 Å². The van der Waals surface area contributed by atoms with Crippen molar-refractivity contribution in [3.8, 4) is 11.5 Å². The van der Waals surface area contributed by atoms with E-state index in [2.05, 4.69) is 25.4 Å². The smallest absolute Gasteiger partial charge is 0.310 e. The van der Waals surface area contributed by atoms with Crippen LogP contribution >= 0.6 is 0 Å². The molecule has 0 atom stereocenters. The number of nitrogens with zero attached hydrogens (tertiary/aromatic N) is 5. The van der Waals surface area contributed by atoms with Gasteiger partial charge in [-0.2, -0.15) is 18.3 Å². The summed E-state index contributed by atoms with van der Waals surface area (Å²) in [6, 6.07) is 7.28. The van der Waals surface area contributed by atoms with E-state index in [-0.39, 0.29) is 59.4 Å². The second-order valence-electron chi connectivity index (χ2n) is 9.39. The lowest BCUT2D eigenvalue weighted by Crippen LogP contribution is -2.28. The highest BCUT2D eigenvalue weighted by Gasteiger charge is 2.42. The SMILES string of the molecule is CC1(C)C(=O)Nc2nc(-c3nn(Cc4ccccc4F)c4ncc(F)cc34)nc(CCCC(F)(F)F)c21. The summed E-state index contributed by atoms with van der Waals surface area (Å²) < 4.78 is 68.4. The largest absolute Gasteiger partial charge is 0.389 e. The van der Waals surface area contributed by atoms with E-state index in [0.717, 1.165) is 6.20 Å². The lowest BCUT2D eigenvalue weighted by Gasteiger charge is -2.18. The van der Waals surface area contributed by atoms with Gasteiger partial charge in [-0.15, -0.1) is 0 Å². The number of amides is 1. The highest BCUT2D eigenvalue weighted by atomic mass is 19.4. The average Bonchev–Trinajstić information content (AvgIpc) is 3.27. The number of pyridine rings is 1. The Hall–Kier alpha value is -3.96. The Morgan fingerprint density at radius 2 is 1.86 bits per heavy atom. The molecule has 0 bridgehead atoms. The number of nitrogens with one attached hydrogen (secondary N) is 1. The highest BCUT2D eigenvalue weighted by Crippen LogP contribution is 2.40. The van der Waals surface area contributed by atoms with Gasteiger partial charge in [0.15, 0.2) is 11.5 Å². The van der Waals surface area contributed by atoms with Gasteiger partial charge in [-0.3, -0.25) is 4.79 Å². The Balaban J connectivity index is 1.64. The van der Waals surface area contributed by atoms with Gasteiger partial charge in [0.05, 0.1) is 29.2 Å². The number of halogens is 5. The van der Waals surface area contributed by atoms with Crippen LogP contribution in [-0.4, -0.2) is 36.8 Å². The lowest BCUT2D eigenvalue weighted by molar-refractivity contribution is -0.135. The first-order valence-corrected chi connectivity index (χ1v) is 11.5. The number of anilines is 1. The molecular formula is C25H21F5N6O. The van der Waals surface area contributed by atoms with Crippen molar-refractivity contribution in [3.05, 3.63) is 65.0 Å². The minimum absolute atomic E-state index is 0.0107. The van der Waals surface area contributed by atoms with Crippen LogP contribution in [0.15, 0.2) is 36.5 Å². The number of alkyl halides is 3. The quantitative estimate of drug-likeness (QED) is 0.350. The van der Waals surface area contributed by atoms with E-state index in [4.69, 9.17) is 0 Å². The summed E-state index contributed by atoms with van der Waals surface area (Å²) in [5.41, 5.74) is 0.309. The zero-order chi connectivity index (χ0) is 26.5. The van der Waals surface area contributed by atoms with Crippen molar-refractivity contribution in [2.24, 2.45) is 0 Å². The van der Waals surface area contributed by atoms with Crippen LogP contribution < -0.4 is 5.32 Å². The number of hydrogen-bond acceptors (Lipinski definition) is 5. The number of rotatable bonds is 6. The second kappa shape index (κ2) is 8.86. The van der Waals surface area contributed by atoms with E-state index >= 15 is 0 Å². The molecule has 1 aliphatic heterocycles. The Kier molecular flexibility index (Phi) is 5.92. The molecule has 0 radical (unpaired) electrons. The lowest BCUT2D eigenvalue weighted by atomic mass is 9.84.